The van der Waals surface area contributed by atoms with E-state index in [9.17, 15) is 14.9 Å². The first kappa shape index (κ1) is 14.4. The van der Waals surface area contributed by atoms with Gasteiger partial charge in [-0.2, -0.15) is 0 Å². The van der Waals surface area contributed by atoms with Crippen LogP contribution >= 0.6 is 11.6 Å². The van der Waals surface area contributed by atoms with Crippen LogP contribution in [0.4, 0.5) is 11.4 Å². The number of rotatable bonds is 5. The zero-order valence-electron chi connectivity index (χ0n) is 10.1. The Morgan fingerprint density at radius 1 is 1.50 bits per heavy atom. The van der Waals surface area contributed by atoms with Crippen molar-refractivity contribution in [2.75, 3.05) is 11.9 Å². The molecule has 1 amide bonds. The lowest BCUT2D eigenvalue weighted by Gasteiger charge is -2.09. The average Bonchev–Trinajstić information content (AvgIpc) is 2.26. The Bertz CT molecular complexity index is 463. The molecular weight excluding hydrogens is 258 g/mol. The molecule has 0 aliphatic carbocycles. The van der Waals surface area contributed by atoms with E-state index in [4.69, 9.17) is 11.6 Å². The molecule has 0 unspecified atom stereocenters. The van der Waals surface area contributed by atoms with Crippen LogP contribution in [-0.2, 0) is 4.79 Å². The standard InChI is InChI=1S/C11H14ClN3O3/c1-7(2)13-6-11(16)14-8-3-4-10(15(17)18)9(12)5-8/h3-5,7,13H,6H2,1-2H3,(H,14,16). The molecule has 6 nitrogen and oxygen atoms in total. The molecule has 0 saturated carbocycles. The van der Waals surface area contributed by atoms with Crippen molar-refractivity contribution in [2.45, 2.75) is 19.9 Å². The molecule has 1 aromatic carbocycles. The number of halogens is 1. The largest absolute Gasteiger partial charge is 0.325 e. The van der Waals surface area contributed by atoms with Crippen LogP contribution in [0.2, 0.25) is 5.02 Å². The minimum Gasteiger partial charge on any atom is -0.325 e. The second kappa shape index (κ2) is 6.32. The normalized spacial score (nSPS) is 10.4. The molecular formula is C11H14ClN3O3. The summed E-state index contributed by atoms with van der Waals surface area (Å²) in [7, 11) is 0. The van der Waals surface area contributed by atoms with E-state index in [0.29, 0.717) is 5.69 Å². The van der Waals surface area contributed by atoms with Gasteiger partial charge < -0.3 is 10.6 Å². The number of anilines is 1. The Morgan fingerprint density at radius 3 is 2.67 bits per heavy atom. The molecule has 18 heavy (non-hydrogen) atoms. The minimum atomic E-state index is -0.575. The quantitative estimate of drug-likeness (QED) is 0.635. The first-order valence-corrected chi connectivity index (χ1v) is 5.75. The molecule has 0 bridgehead atoms. The van der Waals surface area contributed by atoms with Crippen LogP contribution in [0.1, 0.15) is 13.8 Å². The van der Waals surface area contributed by atoms with E-state index in [2.05, 4.69) is 10.6 Å². The summed E-state index contributed by atoms with van der Waals surface area (Å²) in [5.74, 6) is -0.228. The highest BCUT2D eigenvalue weighted by Gasteiger charge is 2.13. The summed E-state index contributed by atoms with van der Waals surface area (Å²) < 4.78 is 0. The molecule has 0 saturated heterocycles. The van der Waals surface area contributed by atoms with Gasteiger partial charge >= 0.3 is 0 Å². The van der Waals surface area contributed by atoms with Crippen LogP contribution in [0, 0.1) is 10.1 Å². The Labute approximate surface area is 109 Å². The first-order valence-electron chi connectivity index (χ1n) is 5.37. The predicted octanol–water partition coefficient (Wildman–Crippen LogP) is 2.18. The highest BCUT2D eigenvalue weighted by Crippen LogP contribution is 2.26. The number of carbonyl (C=O) groups is 1. The number of amides is 1. The topological polar surface area (TPSA) is 84.3 Å². The fourth-order valence-electron chi connectivity index (χ4n) is 1.23. The molecule has 2 N–H and O–H groups in total. The second-order valence-electron chi connectivity index (χ2n) is 4.01. The van der Waals surface area contributed by atoms with E-state index in [1.807, 2.05) is 13.8 Å². The van der Waals surface area contributed by atoms with Crippen LogP contribution in [0.3, 0.4) is 0 Å². The van der Waals surface area contributed by atoms with Crippen LogP contribution in [0.5, 0.6) is 0 Å². The number of nitrogens with zero attached hydrogens (tertiary/aromatic N) is 1. The van der Waals surface area contributed by atoms with Gasteiger partial charge in [0.1, 0.15) is 5.02 Å². The Kier molecular flexibility index (Phi) is 5.06. The summed E-state index contributed by atoms with van der Waals surface area (Å²) in [6.45, 7) is 4.03. The second-order valence-corrected chi connectivity index (χ2v) is 4.41. The molecule has 98 valence electrons. The van der Waals surface area contributed by atoms with E-state index in [1.54, 1.807) is 0 Å². The molecule has 7 heteroatoms. The maximum atomic E-state index is 11.5. The Balaban J connectivity index is 2.66. The zero-order valence-corrected chi connectivity index (χ0v) is 10.8. The summed E-state index contributed by atoms with van der Waals surface area (Å²) in [5, 5.41) is 16.1. The van der Waals surface area contributed by atoms with Gasteiger partial charge in [0, 0.05) is 17.8 Å². The van der Waals surface area contributed by atoms with Gasteiger partial charge in [0.15, 0.2) is 0 Å². The third-order valence-corrected chi connectivity index (χ3v) is 2.40. The molecule has 0 aliphatic heterocycles. The first-order chi connectivity index (χ1) is 8.40. The zero-order chi connectivity index (χ0) is 13.7. The molecule has 0 atom stereocenters. The summed E-state index contributed by atoms with van der Waals surface area (Å²) in [6.07, 6.45) is 0. The molecule has 0 aliphatic rings. The number of benzene rings is 1. The lowest BCUT2D eigenvalue weighted by Crippen LogP contribution is -2.32. The molecule has 1 aromatic rings. The predicted molar refractivity (Wildman–Crippen MR) is 69.9 cm³/mol. The van der Waals surface area contributed by atoms with Gasteiger partial charge in [0.05, 0.1) is 11.5 Å². The Hall–Kier alpha value is -1.66. The summed E-state index contributed by atoms with van der Waals surface area (Å²) in [5.41, 5.74) is 0.246. The molecule has 0 radical (unpaired) electrons. The number of carbonyl (C=O) groups excluding carboxylic acids is 1. The van der Waals surface area contributed by atoms with Crippen molar-refractivity contribution in [3.8, 4) is 0 Å². The number of nitrogens with one attached hydrogen (secondary N) is 2. The van der Waals surface area contributed by atoms with Gasteiger partial charge in [0.2, 0.25) is 5.91 Å². The highest BCUT2D eigenvalue weighted by atomic mass is 35.5. The summed E-state index contributed by atoms with van der Waals surface area (Å²) >= 11 is 5.73. The molecule has 1 rings (SSSR count). The number of nitro groups is 1. The van der Waals surface area contributed by atoms with Gasteiger partial charge in [-0.05, 0) is 12.1 Å². The average molecular weight is 272 g/mol. The van der Waals surface area contributed by atoms with E-state index in [-0.39, 0.29) is 29.2 Å². The molecule has 0 heterocycles. The van der Waals surface area contributed by atoms with Gasteiger partial charge in [-0.1, -0.05) is 25.4 Å². The number of hydrogen-bond donors (Lipinski definition) is 2. The van der Waals surface area contributed by atoms with Crippen molar-refractivity contribution < 1.29 is 9.72 Å². The SMILES string of the molecule is CC(C)NCC(=O)Nc1ccc([N+](=O)[O-])c(Cl)c1. The number of hydrogen-bond acceptors (Lipinski definition) is 4. The van der Waals surface area contributed by atoms with Gasteiger partial charge in [-0.15, -0.1) is 0 Å². The monoisotopic (exact) mass is 271 g/mol. The van der Waals surface area contributed by atoms with E-state index >= 15 is 0 Å². The third-order valence-electron chi connectivity index (χ3n) is 2.10. The maximum Gasteiger partial charge on any atom is 0.288 e. The van der Waals surface area contributed by atoms with E-state index in [0.717, 1.165) is 0 Å². The maximum absolute atomic E-state index is 11.5. The van der Waals surface area contributed by atoms with Crippen LogP contribution in [0.25, 0.3) is 0 Å². The summed E-state index contributed by atoms with van der Waals surface area (Å²) in [4.78, 5) is 21.5. The minimum absolute atomic E-state index is 0.00498. The van der Waals surface area contributed by atoms with Crippen LogP contribution in [0.15, 0.2) is 18.2 Å². The van der Waals surface area contributed by atoms with Gasteiger partial charge in [-0.25, -0.2) is 0 Å². The number of nitro benzene ring substituents is 1. The van der Waals surface area contributed by atoms with Crippen molar-refractivity contribution in [3.63, 3.8) is 0 Å². The van der Waals surface area contributed by atoms with Gasteiger partial charge in [0.25, 0.3) is 5.69 Å². The van der Waals surface area contributed by atoms with Crippen molar-refractivity contribution >= 4 is 28.9 Å². The molecule has 0 spiro atoms. The van der Waals surface area contributed by atoms with Crippen molar-refractivity contribution in [3.05, 3.63) is 33.3 Å². The van der Waals surface area contributed by atoms with Crippen molar-refractivity contribution in [1.29, 1.82) is 0 Å². The van der Waals surface area contributed by atoms with E-state index < -0.39 is 4.92 Å². The lowest BCUT2D eigenvalue weighted by molar-refractivity contribution is -0.384. The van der Waals surface area contributed by atoms with E-state index in [1.165, 1.54) is 18.2 Å². The Morgan fingerprint density at radius 2 is 2.17 bits per heavy atom. The van der Waals surface area contributed by atoms with Crippen LogP contribution < -0.4 is 10.6 Å². The summed E-state index contributed by atoms with van der Waals surface area (Å²) in [6, 6.07) is 4.26. The van der Waals surface area contributed by atoms with Crippen LogP contribution in [-0.4, -0.2) is 23.4 Å². The fourth-order valence-corrected chi connectivity index (χ4v) is 1.48. The van der Waals surface area contributed by atoms with Crippen molar-refractivity contribution in [2.24, 2.45) is 0 Å². The molecule has 0 aromatic heterocycles. The third kappa shape index (κ3) is 4.31. The highest BCUT2D eigenvalue weighted by molar-refractivity contribution is 6.33. The van der Waals surface area contributed by atoms with Gasteiger partial charge in [-0.3, -0.25) is 14.9 Å². The lowest BCUT2D eigenvalue weighted by atomic mass is 10.3. The van der Waals surface area contributed by atoms with Crippen molar-refractivity contribution in [1.82, 2.24) is 5.32 Å². The fraction of sp³-hybridized carbons (Fsp3) is 0.364. The molecule has 0 fully saturated rings. The smallest absolute Gasteiger partial charge is 0.288 e.